The highest BCUT2D eigenvalue weighted by Crippen LogP contribution is 2.30. The lowest BCUT2D eigenvalue weighted by atomic mass is 10.1. The molecular weight excluding hydrogens is 326 g/mol. The number of aromatic nitrogens is 1. The molecule has 78 valence electrons. The van der Waals surface area contributed by atoms with Gasteiger partial charge in [0.1, 0.15) is 3.57 Å². The molecule has 0 radical (unpaired) electrons. The van der Waals surface area contributed by atoms with Crippen molar-refractivity contribution in [2.24, 2.45) is 0 Å². The van der Waals surface area contributed by atoms with E-state index in [0.29, 0.717) is 11.6 Å². The summed E-state index contributed by atoms with van der Waals surface area (Å²) < 4.78 is 5.98. The first-order chi connectivity index (χ1) is 7.09. The lowest BCUT2D eigenvalue weighted by molar-refractivity contribution is 0.435. The summed E-state index contributed by atoms with van der Waals surface area (Å²) in [6, 6.07) is 5.67. The second kappa shape index (κ2) is 4.02. The van der Waals surface area contributed by atoms with Gasteiger partial charge >= 0.3 is 0 Å². The zero-order valence-electron chi connectivity index (χ0n) is 7.92. The number of rotatable bonds is 1. The Kier molecular flexibility index (Phi) is 2.88. The molecule has 2 rings (SSSR count). The second-order valence-corrected chi connectivity index (χ2v) is 4.66. The fourth-order valence-corrected chi connectivity index (χ4v) is 1.88. The van der Waals surface area contributed by atoms with Gasteiger partial charge < -0.3 is 10.3 Å². The number of anilines is 1. The Morgan fingerprint density at radius 3 is 2.73 bits per heavy atom. The molecule has 0 bridgehead atoms. The van der Waals surface area contributed by atoms with E-state index in [4.69, 9.17) is 21.9 Å². The number of hydrogen-bond acceptors (Lipinski definition) is 3. The standard InChI is InChI=1S/C10H8ClIN2O/c1-5-4-6(2-3-7(5)11)9-8(12)10(13)14-15-9/h2-4H,1H3,(H2,13,14). The van der Waals surface area contributed by atoms with Gasteiger partial charge in [0.15, 0.2) is 11.6 Å². The molecule has 0 atom stereocenters. The van der Waals surface area contributed by atoms with Crippen molar-refractivity contribution >= 4 is 40.0 Å². The highest BCUT2D eigenvalue weighted by atomic mass is 127. The summed E-state index contributed by atoms with van der Waals surface area (Å²) in [5, 5.41) is 4.44. The summed E-state index contributed by atoms with van der Waals surface area (Å²) in [5.74, 6) is 1.10. The molecule has 1 aromatic heterocycles. The van der Waals surface area contributed by atoms with Crippen molar-refractivity contribution in [1.29, 1.82) is 0 Å². The van der Waals surface area contributed by atoms with E-state index in [0.717, 1.165) is 19.7 Å². The van der Waals surface area contributed by atoms with Gasteiger partial charge in [-0.15, -0.1) is 0 Å². The van der Waals surface area contributed by atoms with Crippen molar-refractivity contribution < 1.29 is 4.52 Å². The van der Waals surface area contributed by atoms with Crippen LogP contribution in [0.25, 0.3) is 11.3 Å². The van der Waals surface area contributed by atoms with Gasteiger partial charge in [-0.25, -0.2) is 0 Å². The quantitative estimate of drug-likeness (QED) is 0.812. The van der Waals surface area contributed by atoms with E-state index < -0.39 is 0 Å². The van der Waals surface area contributed by atoms with E-state index in [-0.39, 0.29) is 0 Å². The van der Waals surface area contributed by atoms with Crippen LogP contribution in [0.3, 0.4) is 0 Å². The lowest BCUT2D eigenvalue weighted by Crippen LogP contribution is -1.86. The Bertz CT molecular complexity index is 510. The van der Waals surface area contributed by atoms with Gasteiger partial charge in [0.2, 0.25) is 0 Å². The summed E-state index contributed by atoms with van der Waals surface area (Å²) in [7, 11) is 0. The van der Waals surface area contributed by atoms with E-state index in [1.807, 2.05) is 25.1 Å². The first-order valence-corrected chi connectivity index (χ1v) is 5.72. The van der Waals surface area contributed by atoms with Crippen LogP contribution in [0, 0.1) is 10.5 Å². The van der Waals surface area contributed by atoms with E-state index in [2.05, 4.69) is 27.7 Å². The van der Waals surface area contributed by atoms with Gasteiger partial charge in [-0.1, -0.05) is 16.8 Å². The molecule has 2 aromatic rings. The summed E-state index contributed by atoms with van der Waals surface area (Å²) in [6.45, 7) is 1.94. The van der Waals surface area contributed by atoms with Gasteiger partial charge in [-0.3, -0.25) is 0 Å². The van der Waals surface area contributed by atoms with Crippen LogP contribution >= 0.6 is 34.2 Å². The van der Waals surface area contributed by atoms with Crippen LogP contribution in [0.5, 0.6) is 0 Å². The van der Waals surface area contributed by atoms with Crippen molar-refractivity contribution in [2.45, 2.75) is 6.92 Å². The molecule has 0 amide bonds. The molecule has 1 heterocycles. The predicted molar refractivity (Wildman–Crippen MR) is 68.8 cm³/mol. The van der Waals surface area contributed by atoms with Gasteiger partial charge in [0, 0.05) is 10.6 Å². The minimum atomic E-state index is 0.415. The van der Waals surface area contributed by atoms with Crippen LogP contribution in [0.15, 0.2) is 22.7 Å². The largest absolute Gasteiger partial charge is 0.380 e. The van der Waals surface area contributed by atoms with Crippen molar-refractivity contribution in [3.05, 3.63) is 32.4 Å². The first kappa shape index (κ1) is 10.8. The molecule has 0 aliphatic carbocycles. The average Bonchev–Trinajstić information content (AvgIpc) is 2.53. The minimum Gasteiger partial charge on any atom is -0.380 e. The molecule has 15 heavy (non-hydrogen) atoms. The lowest BCUT2D eigenvalue weighted by Gasteiger charge is -2.00. The molecule has 0 fully saturated rings. The molecule has 3 nitrogen and oxygen atoms in total. The van der Waals surface area contributed by atoms with Crippen molar-refractivity contribution in [1.82, 2.24) is 5.16 Å². The Hall–Kier alpha value is -0.750. The summed E-state index contributed by atoms with van der Waals surface area (Å²) in [6.07, 6.45) is 0. The van der Waals surface area contributed by atoms with Gasteiger partial charge in [0.05, 0.1) is 0 Å². The molecule has 0 spiro atoms. The van der Waals surface area contributed by atoms with Crippen molar-refractivity contribution in [2.75, 3.05) is 5.73 Å². The third-order valence-corrected chi connectivity index (χ3v) is 3.55. The van der Waals surface area contributed by atoms with Crippen LogP contribution in [0.4, 0.5) is 5.82 Å². The molecular formula is C10H8ClIN2O. The number of nitrogens with zero attached hydrogens (tertiary/aromatic N) is 1. The highest BCUT2D eigenvalue weighted by molar-refractivity contribution is 14.1. The maximum absolute atomic E-state index is 5.94. The van der Waals surface area contributed by atoms with Crippen molar-refractivity contribution in [3.63, 3.8) is 0 Å². The van der Waals surface area contributed by atoms with Gasteiger partial charge in [-0.2, -0.15) is 0 Å². The molecule has 1 aromatic carbocycles. The maximum atomic E-state index is 5.94. The fourth-order valence-electron chi connectivity index (χ4n) is 1.26. The highest BCUT2D eigenvalue weighted by Gasteiger charge is 2.13. The molecule has 2 N–H and O–H groups in total. The van der Waals surface area contributed by atoms with E-state index in [1.165, 1.54) is 0 Å². The summed E-state index contributed by atoms with van der Waals surface area (Å²) >= 11 is 8.05. The zero-order valence-corrected chi connectivity index (χ0v) is 10.8. The van der Waals surface area contributed by atoms with Crippen LogP contribution in [-0.2, 0) is 0 Å². The average molecular weight is 335 g/mol. The topological polar surface area (TPSA) is 52.0 Å². The molecule has 0 saturated heterocycles. The zero-order chi connectivity index (χ0) is 11.0. The van der Waals surface area contributed by atoms with Gasteiger partial charge in [0.25, 0.3) is 0 Å². The summed E-state index contributed by atoms with van der Waals surface area (Å²) in [4.78, 5) is 0. The molecule has 5 heteroatoms. The fraction of sp³-hybridized carbons (Fsp3) is 0.100. The smallest absolute Gasteiger partial charge is 0.182 e. The molecule has 0 unspecified atom stereocenters. The Labute approximate surface area is 106 Å². The number of aryl methyl sites for hydroxylation is 1. The number of hydrogen-bond donors (Lipinski definition) is 1. The minimum absolute atomic E-state index is 0.415. The number of nitrogens with two attached hydrogens (primary N) is 1. The van der Waals surface area contributed by atoms with Crippen LogP contribution in [0.1, 0.15) is 5.56 Å². The van der Waals surface area contributed by atoms with Crippen molar-refractivity contribution in [3.8, 4) is 11.3 Å². The van der Waals surface area contributed by atoms with Crippen LogP contribution in [0.2, 0.25) is 5.02 Å². The van der Waals surface area contributed by atoms with E-state index in [9.17, 15) is 0 Å². The maximum Gasteiger partial charge on any atom is 0.182 e. The van der Waals surface area contributed by atoms with Crippen LogP contribution in [-0.4, -0.2) is 5.16 Å². The monoisotopic (exact) mass is 334 g/mol. The van der Waals surface area contributed by atoms with E-state index >= 15 is 0 Å². The van der Waals surface area contributed by atoms with Gasteiger partial charge in [-0.05, 0) is 53.3 Å². The normalized spacial score (nSPS) is 10.6. The number of halogens is 2. The molecule has 0 aliphatic rings. The first-order valence-electron chi connectivity index (χ1n) is 4.26. The SMILES string of the molecule is Cc1cc(-c2onc(N)c2I)ccc1Cl. The number of benzene rings is 1. The third kappa shape index (κ3) is 1.96. The number of nitrogen functional groups attached to an aromatic ring is 1. The third-order valence-electron chi connectivity index (χ3n) is 2.08. The summed E-state index contributed by atoms with van der Waals surface area (Å²) in [5.41, 5.74) is 7.54. The van der Waals surface area contributed by atoms with E-state index in [1.54, 1.807) is 0 Å². The predicted octanol–water partition coefficient (Wildman–Crippen LogP) is 3.49. The Morgan fingerprint density at radius 1 is 1.47 bits per heavy atom. The molecule has 0 aliphatic heterocycles. The Balaban J connectivity index is 2.55. The molecule has 0 saturated carbocycles. The second-order valence-electron chi connectivity index (χ2n) is 3.17. The van der Waals surface area contributed by atoms with Crippen LogP contribution < -0.4 is 5.73 Å². The Morgan fingerprint density at radius 2 is 2.20 bits per heavy atom.